The molecule has 9 heteroatoms. The number of benzene rings is 2. The Bertz CT molecular complexity index is 1020. The van der Waals surface area contributed by atoms with Crippen molar-refractivity contribution >= 4 is 17.5 Å². The van der Waals surface area contributed by atoms with Gasteiger partial charge in [0.05, 0.1) is 11.8 Å². The summed E-state index contributed by atoms with van der Waals surface area (Å²) in [7, 11) is 1.35. The molecular weight excluding hydrogens is 398 g/mol. The van der Waals surface area contributed by atoms with Gasteiger partial charge in [-0.05, 0) is 23.8 Å². The van der Waals surface area contributed by atoms with E-state index in [-0.39, 0.29) is 6.54 Å². The Labute approximate surface area is 162 Å². The second-order valence-electron chi connectivity index (χ2n) is 6.02. The van der Waals surface area contributed by atoms with Gasteiger partial charge in [-0.25, -0.2) is 9.07 Å². The Morgan fingerprint density at radius 3 is 2.43 bits per heavy atom. The van der Waals surface area contributed by atoms with Gasteiger partial charge >= 0.3 is 6.18 Å². The van der Waals surface area contributed by atoms with E-state index in [4.69, 9.17) is 11.6 Å². The first kappa shape index (κ1) is 19.9. The molecule has 1 aromatic heterocycles. The summed E-state index contributed by atoms with van der Waals surface area (Å²) in [5.74, 6) is -1.80. The number of nitrogens with zero attached hydrogens (tertiary/aromatic N) is 3. The normalized spacial score (nSPS) is 11.5. The smallest absolute Gasteiger partial charge is 0.337 e. The number of para-hydroxylation sites is 1. The molecule has 0 spiro atoms. The van der Waals surface area contributed by atoms with Crippen molar-refractivity contribution < 1.29 is 22.4 Å². The molecule has 0 aliphatic rings. The summed E-state index contributed by atoms with van der Waals surface area (Å²) in [6, 6.07) is 11.6. The maximum atomic E-state index is 14.0. The van der Waals surface area contributed by atoms with Crippen molar-refractivity contribution in [1.82, 2.24) is 14.7 Å². The van der Waals surface area contributed by atoms with Crippen molar-refractivity contribution in [2.75, 3.05) is 7.05 Å². The average molecular weight is 412 g/mol. The topological polar surface area (TPSA) is 38.1 Å². The fraction of sp³-hybridized carbons (Fsp3) is 0.158. The lowest BCUT2D eigenvalue weighted by molar-refractivity contribution is -0.143. The third-order valence-electron chi connectivity index (χ3n) is 4.06. The monoisotopic (exact) mass is 411 g/mol. The summed E-state index contributed by atoms with van der Waals surface area (Å²) >= 11 is 6.05. The Balaban J connectivity index is 2.01. The number of hydrogen-bond acceptors (Lipinski definition) is 2. The molecule has 3 aromatic rings. The lowest BCUT2D eigenvalue weighted by Gasteiger charge is -2.19. The molecule has 0 aliphatic heterocycles. The minimum Gasteiger partial charge on any atom is -0.337 e. The second kappa shape index (κ2) is 7.63. The van der Waals surface area contributed by atoms with Crippen LogP contribution in [0.4, 0.5) is 17.6 Å². The van der Waals surface area contributed by atoms with E-state index in [1.54, 1.807) is 24.3 Å². The Morgan fingerprint density at radius 2 is 1.79 bits per heavy atom. The van der Waals surface area contributed by atoms with Crippen LogP contribution in [0.1, 0.15) is 21.6 Å². The van der Waals surface area contributed by atoms with Crippen LogP contribution in [-0.2, 0) is 12.7 Å². The lowest BCUT2D eigenvalue weighted by Crippen LogP contribution is -2.29. The standard InChI is InChI=1S/C19H14ClF4N3O/c1-26(11-12-6-2-3-7-14(12)20)18(28)13-10-25-27(17(13)19(22,23)24)16-9-5-4-8-15(16)21/h2-10H,11H2,1H3. The Morgan fingerprint density at radius 1 is 1.14 bits per heavy atom. The van der Waals surface area contributed by atoms with Gasteiger partial charge in [0, 0.05) is 18.6 Å². The second-order valence-corrected chi connectivity index (χ2v) is 6.43. The van der Waals surface area contributed by atoms with Gasteiger partial charge in [0.1, 0.15) is 11.5 Å². The third-order valence-corrected chi connectivity index (χ3v) is 4.43. The van der Waals surface area contributed by atoms with Gasteiger partial charge in [-0.15, -0.1) is 0 Å². The van der Waals surface area contributed by atoms with E-state index in [0.717, 1.165) is 23.2 Å². The molecule has 3 rings (SSSR count). The summed E-state index contributed by atoms with van der Waals surface area (Å²) in [4.78, 5) is 13.8. The van der Waals surface area contributed by atoms with Crippen molar-refractivity contribution in [2.45, 2.75) is 12.7 Å². The fourth-order valence-electron chi connectivity index (χ4n) is 2.74. The van der Waals surface area contributed by atoms with Gasteiger partial charge in [-0.1, -0.05) is 41.9 Å². The van der Waals surface area contributed by atoms with Crippen LogP contribution in [0.5, 0.6) is 0 Å². The Kier molecular flexibility index (Phi) is 5.42. The molecule has 28 heavy (non-hydrogen) atoms. The highest BCUT2D eigenvalue weighted by molar-refractivity contribution is 6.31. The van der Waals surface area contributed by atoms with Crippen LogP contribution >= 0.6 is 11.6 Å². The molecule has 0 bridgehead atoms. The van der Waals surface area contributed by atoms with Gasteiger partial charge in [-0.2, -0.15) is 18.3 Å². The first-order chi connectivity index (χ1) is 13.2. The summed E-state index contributed by atoms with van der Waals surface area (Å²) in [6.07, 6.45) is -4.13. The predicted octanol–water partition coefficient (Wildman–Crippen LogP) is 4.96. The van der Waals surface area contributed by atoms with Crippen LogP contribution in [0.2, 0.25) is 5.02 Å². The molecule has 0 saturated carbocycles. The highest BCUT2D eigenvalue weighted by Crippen LogP contribution is 2.34. The maximum absolute atomic E-state index is 14.0. The highest BCUT2D eigenvalue weighted by Gasteiger charge is 2.41. The van der Waals surface area contributed by atoms with E-state index < -0.39 is 34.8 Å². The number of carbonyl (C=O) groups is 1. The summed E-state index contributed by atoms with van der Waals surface area (Å²) in [5, 5.41) is 4.01. The number of hydrogen-bond donors (Lipinski definition) is 0. The van der Waals surface area contributed by atoms with Crippen molar-refractivity contribution in [3.63, 3.8) is 0 Å². The van der Waals surface area contributed by atoms with Crippen molar-refractivity contribution in [3.8, 4) is 5.69 Å². The van der Waals surface area contributed by atoms with Gasteiger partial charge in [0.15, 0.2) is 5.69 Å². The summed E-state index contributed by atoms with van der Waals surface area (Å²) in [5.41, 5.74) is -1.84. The first-order valence-electron chi connectivity index (χ1n) is 8.09. The number of halogens is 5. The number of aromatic nitrogens is 2. The molecule has 0 unspecified atom stereocenters. The van der Waals surface area contributed by atoms with Gasteiger partial charge in [0.2, 0.25) is 0 Å². The van der Waals surface area contributed by atoms with Crippen LogP contribution in [-0.4, -0.2) is 27.6 Å². The number of alkyl halides is 3. The van der Waals surface area contributed by atoms with E-state index in [2.05, 4.69) is 5.10 Å². The molecule has 0 aliphatic carbocycles. The van der Waals surface area contributed by atoms with Crippen LogP contribution in [0, 0.1) is 5.82 Å². The molecule has 2 aromatic carbocycles. The minimum atomic E-state index is -4.92. The van der Waals surface area contributed by atoms with E-state index in [1.807, 2.05) is 0 Å². The maximum Gasteiger partial charge on any atom is 0.434 e. The van der Waals surface area contributed by atoms with Crippen LogP contribution < -0.4 is 0 Å². The van der Waals surface area contributed by atoms with Crippen LogP contribution in [0.15, 0.2) is 54.7 Å². The predicted molar refractivity (Wildman–Crippen MR) is 95.8 cm³/mol. The molecule has 4 nitrogen and oxygen atoms in total. The number of carbonyl (C=O) groups excluding carboxylic acids is 1. The zero-order valence-corrected chi connectivity index (χ0v) is 15.3. The summed E-state index contributed by atoms with van der Waals surface area (Å²) < 4.78 is 55.5. The molecule has 1 amide bonds. The molecule has 1 heterocycles. The Hall–Kier alpha value is -2.87. The van der Waals surface area contributed by atoms with E-state index in [1.165, 1.54) is 19.2 Å². The zero-order valence-electron chi connectivity index (χ0n) is 14.5. The molecule has 0 fully saturated rings. The number of rotatable bonds is 4. The molecule has 0 saturated heterocycles. The molecule has 0 atom stereocenters. The van der Waals surface area contributed by atoms with Gasteiger partial charge in [-0.3, -0.25) is 4.79 Å². The molecule has 0 N–H and O–H groups in total. The fourth-order valence-corrected chi connectivity index (χ4v) is 2.94. The molecule has 0 radical (unpaired) electrons. The van der Waals surface area contributed by atoms with E-state index >= 15 is 0 Å². The van der Waals surface area contributed by atoms with Crippen molar-refractivity contribution in [1.29, 1.82) is 0 Å². The molecular formula is C19H14ClF4N3O. The first-order valence-corrected chi connectivity index (χ1v) is 8.47. The largest absolute Gasteiger partial charge is 0.434 e. The van der Waals surface area contributed by atoms with Crippen LogP contribution in [0.25, 0.3) is 5.69 Å². The van der Waals surface area contributed by atoms with Crippen molar-refractivity contribution in [3.05, 3.63) is 82.4 Å². The van der Waals surface area contributed by atoms with Crippen molar-refractivity contribution in [2.24, 2.45) is 0 Å². The van der Waals surface area contributed by atoms with Gasteiger partial charge < -0.3 is 4.90 Å². The minimum absolute atomic E-state index is 0.000676. The summed E-state index contributed by atoms with van der Waals surface area (Å²) in [6.45, 7) is 0.000676. The quantitative estimate of drug-likeness (QED) is 0.569. The van der Waals surface area contributed by atoms with E-state index in [9.17, 15) is 22.4 Å². The number of amides is 1. The van der Waals surface area contributed by atoms with Gasteiger partial charge in [0.25, 0.3) is 5.91 Å². The van der Waals surface area contributed by atoms with E-state index in [0.29, 0.717) is 15.3 Å². The lowest BCUT2D eigenvalue weighted by atomic mass is 10.1. The third kappa shape index (κ3) is 3.87. The molecule has 146 valence electrons. The van der Waals surface area contributed by atoms with Crippen LogP contribution in [0.3, 0.4) is 0 Å². The average Bonchev–Trinajstić information content (AvgIpc) is 3.08. The zero-order chi connectivity index (χ0) is 20.5. The SMILES string of the molecule is CN(Cc1ccccc1Cl)C(=O)c1cnn(-c2ccccc2F)c1C(F)(F)F. The highest BCUT2D eigenvalue weighted by atomic mass is 35.5.